The van der Waals surface area contributed by atoms with E-state index in [0.29, 0.717) is 0 Å². The first-order chi connectivity index (χ1) is 8.67. The molecule has 0 saturated heterocycles. The summed E-state index contributed by atoms with van der Waals surface area (Å²) in [5.41, 5.74) is 4.88. The van der Waals surface area contributed by atoms with Crippen LogP contribution in [0.1, 0.15) is 20.7 Å². The van der Waals surface area contributed by atoms with E-state index in [4.69, 9.17) is 22.5 Å². The molecule has 6 nitrogen and oxygen atoms in total. The Labute approximate surface area is 108 Å². The third-order valence-corrected chi connectivity index (χ3v) is 2.30. The van der Waals surface area contributed by atoms with Gasteiger partial charge in [-0.3, -0.25) is 14.8 Å². The molecule has 0 aliphatic rings. The Hall–Kier alpha value is -2.00. The quantitative estimate of drug-likeness (QED) is 0.580. The number of ether oxygens (including phenoxy) is 1. The van der Waals surface area contributed by atoms with E-state index < -0.39 is 40.1 Å². The van der Waals surface area contributed by atoms with Crippen molar-refractivity contribution in [1.82, 2.24) is 5.48 Å². The zero-order valence-electron chi connectivity index (χ0n) is 8.92. The van der Waals surface area contributed by atoms with Gasteiger partial charge in [0.15, 0.2) is 0 Å². The molecule has 0 heterocycles. The number of alkyl halides is 3. The summed E-state index contributed by atoms with van der Waals surface area (Å²) in [6, 6.07) is 1.55. The molecule has 1 aromatic carbocycles. The molecule has 0 atom stereocenters. The summed E-state index contributed by atoms with van der Waals surface area (Å²) in [6.45, 7) is 0. The fraction of sp³-hybridized carbons (Fsp3) is 0.111. The second-order valence-electron chi connectivity index (χ2n) is 3.15. The normalized spacial score (nSPS) is 11.0. The highest BCUT2D eigenvalue weighted by Crippen LogP contribution is 2.34. The molecule has 2 amide bonds. The van der Waals surface area contributed by atoms with Gasteiger partial charge in [0.05, 0.1) is 16.1 Å². The lowest BCUT2D eigenvalue weighted by molar-refractivity contribution is -0.274. The van der Waals surface area contributed by atoms with E-state index in [9.17, 15) is 22.8 Å². The highest BCUT2D eigenvalue weighted by molar-refractivity contribution is 6.36. The first-order valence-electron chi connectivity index (χ1n) is 4.50. The van der Waals surface area contributed by atoms with Gasteiger partial charge in [-0.2, -0.15) is 0 Å². The van der Waals surface area contributed by atoms with Crippen LogP contribution in [0, 0.1) is 0 Å². The molecule has 0 spiro atoms. The molecule has 10 heteroatoms. The molecule has 0 fully saturated rings. The molecule has 0 radical (unpaired) electrons. The van der Waals surface area contributed by atoms with Gasteiger partial charge in [0.25, 0.3) is 5.91 Å². The number of benzene rings is 1. The summed E-state index contributed by atoms with van der Waals surface area (Å²) in [4.78, 5) is 22.3. The second-order valence-corrected chi connectivity index (χ2v) is 3.53. The number of hydrogen-bond donors (Lipinski definition) is 3. The monoisotopic (exact) mass is 298 g/mol. The third-order valence-electron chi connectivity index (χ3n) is 1.93. The molecular weight excluding hydrogens is 293 g/mol. The van der Waals surface area contributed by atoms with Crippen molar-refractivity contribution in [3.63, 3.8) is 0 Å². The highest BCUT2D eigenvalue weighted by atomic mass is 35.5. The number of nitrogens with one attached hydrogen (secondary N) is 1. The topological polar surface area (TPSA) is 102 Å². The summed E-state index contributed by atoms with van der Waals surface area (Å²) in [7, 11) is 0. The van der Waals surface area contributed by atoms with Crippen LogP contribution >= 0.6 is 11.6 Å². The standard InChI is InChI=1S/C9H6ClF3N2O4/c10-6-4(19-9(11,12)13)2-1-3(7(14)16)5(6)8(17)15-18/h1-2,18H,(H2,14,16)(H,15,17). The number of primary amides is 1. The average Bonchev–Trinajstić information content (AvgIpc) is 2.28. The van der Waals surface area contributed by atoms with E-state index in [2.05, 4.69) is 4.74 Å². The van der Waals surface area contributed by atoms with E-state index in [1.807, 2.05) is 0 Å². The minimum absolute atomic E-state index is 0.467. The summed E-state index contributed by atoms with van der Waals surface area (Å²) in [5, 5.41) is 7.66. The molecule has 19 heavy (non-hydrogen) atoms. The van der Waals surface area contributed by atoms with E-state index in [1.54, 1.807) is 0 Å². The predicted molar refractivity (Wildman–Crippen MR) is 55.9 cm³/mol. The number of halogens is 4. The Balaban J connectivity index is 3.42. The van der Waals surface area contributed by atoms with Crippen molar-refractivity contribution in [1.29, 1.82) is 0 Å². The number of hydrogen-bond acceptors (Lipinski definition) is 4. The molecule has 0 unspecified atom stereocenters. The van der Waals surface area contributed by atoms with Crippen LogP contribution in [0.15, 0.2) is 12.1 Å². The SMILES string of the molecule is NC(=O)c1ccc(OC(F)(F)F)c(Cl)c1C(=O)NO. The number of hydroxylamine groups is 1. The minimum Gasteiger partial charge on any atom is -0.404 e. The fourth-order valence-corrected chi connectivity index (χ4v) is 1.53. The molecule has 0 bridgehead atoms. The van der Waals surface area contributed by atoms with E-state index in [-0.39, 0.29) is 0 Å². The number of amides is 2. The molecular formula is C9H6ClF3N2O4. The molecule has 0 aromatic heterocycles. The Kier molecular flexibility index (Phi) is 4.22. The van der Waals surface area contributed by atoms with Crippen LogP contribution in [-0.2, 0) is 0 Å². The fourth-order valence-electron chi connectivity index (χ4n) is 1.24. The number of carbonyl (C=O) groups excluding carboxylic acids is 2. The average molecular weight is 299 g/mol. The van der Waals surface area contributed by atoms with Crippen LogP contribution < -0.4 is 16.0 Å². The number of rotatable bonds is 3. The summed E-state index contributed by atoms with van der Waals surface area (Å²) < 4.78 is 39.8. The Morgan fingerprint density at radius 3 is 2.37 bits per heavy atom. The van der Waals surface area contributed by atoms with Crippen LogP contribution in [-0.4, -0.2) is 23.4 Å². The Morgan fingerprint density at radius 2 is 1.95 bits per heavy atom. The van der Waals surface area contributed by atoms with Gasteiger partial charge in [-0.25, -0.2) is 5.48 Å². The van der Waals surface area contributed by atoms with Gasteiger partial charge in [0, 0.05) is 0 Å². The smallest absolute Gasteiger partial charge is 0.404 e. The van der Waals surface area contributed by atoms with Gasteiger partial charge < -0.3 is 10.5 Å². The second kappa shape index (κ2) is 5.33. The largest absolute Gasteiger partial charge is 0.573 e. The maximum absolute atomic E-state index is 12.1. The lowest BCUT2D eigenvalue weighted by Crippen LogP contribution is -2.25. The van der Waals surface area contributed by atoms with Gasteiger partial charge >= 0.3 is 6.36 Å². The van der Waals surface area contributed by atoms with E-state index >= 15 is 0 Å². The molecule has 0 aliphatic carbocycles. The van der Waals surface area contributed by atoms with Crippen molar-refractivity contribution < 1.29 is 32.7 Å². The van der Waals surface area contributed by atoms with Gasteiger partial charge in [-0.1, -0.05) is 11.6 Å². The maximum Gasteiger partial charge on any atom is 0.573 e. The molecule has 0 aliphatic heterocycles. The van der Waals surface area contributed by atoms with Crippen molar-refractivity contribution >= 4 is 23.4 Å². The predicted octanol–water partition coefficient (Wildman–Crippen LogP) is 1.46. The van der Waals surface area contributed by atoms with Crippen molar-refractivity contribution in [3.05, 3.63) is 28.3 Å². The summed E-state index contributed by atoms with van der Waals surface area (Å²) in [6.07, 6.45) is -5.04. The Morgan fingerprint density at radius 1 is 1.37 bits per heavy atom. The minimum atomic E-state index is -5.04. The van der Waals surface area contributed by atoms with Crippen molar-refractivity contribution in [2.45, 2.75) is 6.36 Å². The van der Waals surface area contributed by atoms with Gasteiger partial charge in [0.1, 0.15) is 5.75 Å². The Bertz CT molecular complexity index is 533. The van der Waals surface area contributed by atoms with Gasteiger partial charge in [-0.15, -0.1) is 13.2 Å². The molecule has 1 aromatic rings. The molecule has 1 rings (SSSR count). The van der Waals surface area contributed by atoms with Crippen molar-refractivity contribution in [3.8, 4) is 5.75 Å². The first-order valence-corrected chi connectivity index (χ1v) is 4.87. The van der Waals surface area contributed by atoms with Crippen LogP contribution in [0.2, 0.25) is 5.02 Å². The third kappa shape index (κ3) is 3.48. The first kappa shape index (κ1) is 15.1. The van der Waals surface area contributed by atoms with E-state index in [1.165, 1.54) is 0 Å². The van der Waals surface area contributed by atoms with E-state index in [0.717, 1.165) is 17.6 Å². The zero-order valence-corrected chi connectivity index (χ0v) is 9.67. The summed E-state index contributed by atoms with van der Waals surface area (Å²) in [5.74, 6) is -3.32. The maximum atomic E-state index is 12.1. The van der Waals surface area contributed by atoms with Crippen LogP contribution in [0.5, 0.6) is 5.75 Å². The van der Waals surface area contributed by atoms with Crippen LogP contribution in [0.25, 0.3) is 0 Å². The number of carbonyl (C=O) groups is 2. The number of nitrogens with two attached hydrogens (primary N) is 1. The van der Waals surface area contributed by atoms with Gasteiger partial charge in [-0.05, 0) is 12.1 Å². The van der Waals surface area contributed by atoms with Gasteiger partial charge in [0.2, 0.25) is 5.91 Å². The molecule has 0 saturated carbocycles. The lowest BCUT2D eigenvalue weighted by atomic mass is 10.1. The highest BCUT2D eigenvalue weighted by Gasteiger charge is 2.33. The zero-order chi connectivity index (χ0) is 14.8. The van der Waals surface area contributed by atoms with Crippen molar-refractivity contribution in [2.24, 2.45) is 5.73 Å². The summed E-state index contributed by atoms with van der Waals surface area (Å²) >= 11 is 5.53. The molecule has 104 valence electrons. The van der Waals surface area contributed by atoms with Crippen LogP contribution in [0.3, 0.4) is 0 Å². The van der Waals surface area contributed by atoms with Crippen molar-refractivity contribution in [2.75, 3.05) is 0 Å². The lowest BCUT2D eigenvalue weighted by Gasteiger charge is -2.14. The van der Waals surface area contributed by atoms with Crippen LogP contribution in [0.4, 0.5) is 13.2 Å². The molecule has 4 N–H and O–H groups in total.